The molecule has 4 unspecified atom stereocenters. The van der Waals surface area contributed by atoms with Crippen LogP contribution in [0.5, 0.6) is 5.75 Å². The molecule has 4 bridgehead atoms. The van der Waals surface area contributed by atoms with Crippen molar-refractivity contribution in [3.05, 3.63) is 77.9 Å². The minimum Gasteiger partial charge on any atom is -0.508 e. The molecule has 34 heavy (non-hydrogen) atoms. The maximum atomic E-state index is 12.9. The maximum Gasteiger partial charge on any atom is 0.253 e. The number of rotatable bonds is 6. The Morgan fingerprint density at radius 2 is 1.59 bits per heavy atom. The molecule has 0 aromatic heterocycles. The fraction of sp³-hybridized carbons (Fsp3) is 0.483. The number of carbonyl (C=O) groups excluding carboxylic acids is 1. The van der Waals surface area contributed by atoms with Crippen molar-refractivity contribution in [2.24, 2.45) is 0 Å². The lowest BCUT2D eigenvalue weighted by Gasteiger charge is -2.66. The van der Waals surface area contributed by atoms with Crippen LogP contribution in [-0.2, 0) is 0 Å². The van der Waals surface area contributed by atoms with Crippen molar-refractivity contribution in [2.45, 2.75) is 68.7 Å². The first-order chi connectivity index (χ1) is 16.7. The van der Waals surface area contributed by atoms with Crippen molar-refractivity contribution < 1.29 is 9.90 Å². The van der Waals surface area contributed by atoms with Crippen LogP contribution in [0.25, 0.3) is 0 Å². The number of phenolic OH excluding ortho intramolecular Hbond substituents is 1. The number of benzene rings is 2. The molecule has 8 rings (SSSR count). The summed E-state index contributed by atoms with van der Waals surface area (Å²) in [5.41, 5.74) is 3.11. The van der Waals surface area contributed by atoms with E-state index in [9.17, 15) is 9.90 Å². The summed E-state index contributed by atoms with van der Waals surface area (Å²) >= 11 is 0. The summed E-state index contributed by atoms with van der Waals surface area (Å²) in [6.45, 7) is 6.73. The van der Waals surface area contributed by atoms with Gasteiger partial charge >= 0.3 is 0 Å². The van der Waals surface area contributed by atoms with Crippen molar-refractivity contribution in [3.8, 4) is 5.75 Å². The van der Waals surface area contributed by atoms with Crippen LogP contribution in [0.15, 0.2) is 61.2 Å². The van der Waals surface area contributed by atoms with Crippen molar-refractivity contribution in [1.82, 2.24) is 14.7 Å². The van der Waals surface area contributed by atoms with E-state index in [-0.39, 0.29) is 11.9 Å². The molecule has 6 fully saturated rings. The zero-order valence-electron chi connectivity index (χ0n) is 19.9. The summed E-state index contributed by atoms with van der Waals surface area (Å²) in [6.07, 6.45) is 9.22. The highest BCUT2D eigenvalue weighted by molar-refractivity contribution is 5.94. The zero-order valence-corrected chi connectivity index (χ0v) is 19.9. The molecule has 2 aromatic carbocycles. The van der Waals surface area contributed by atoms with Gasteiger partial charge < -0.3 is 10.0 Å². The number of phenols is 1. The van der Waals surface area contributed by atoms with Crippen LogP contribution in [0, 0.1) is 0 Å². The van der Waals surface area contributed by atoms with Crippen molar-refractivity contribution in [1.29, 1.82) is 0 Å². The third kappa shape index (κ3) is 3.57. The number of piperazine rings is 1. The van der Waals surface area contributed by atoms with Gasteiger partial charge in [-0.1, -0.05) is 30.3 Å². The number of nitrogens with zero attached hydrogens (tertiary/aromatic N) is 3. The summed E-state index contributed by atoms with van der Waals surface area (Å²) < 4.78 is 0. The quantitative estimate of drug-likeness (QED) is 0.645. The highest BCUT2D eigenvalue weighted by Crippen LogP contribution is 2.50. The van der Waals surface area contributed by atoms with E-state index in [0.29, 0.717) is 29.9 Å². The van der Waals surface area contributed by atoms with E-state index in [1.165, 1.54) is 31.2 Å². The number of aromatic hydroxyl groups is 1. The van der Waals surface area contributed by atoms with Crippen LogP contribution in [-0.4, -0.2) is 69.5 Å². The van der Waals surface area contributed by atoms with E-state index in [1.54, 1.807) is 6.07 Å². The SMILES string of the molecule is C=CCN1C2CC[C@H]3C1CCC2N3C(c1ccc(C(=O)N2CCCC2)cc1)c1cccc(O)c1. The molecule has 6 heterocycles. The Hall–Kier alpha value is -2.63. The van der Waals surface area contributed by atoms with E-state index in [0.717, 1.165) is 43.6 Å². The summed E-state index contributed by atoms with van der Waals surface area (Å²) in [4.78, 5) is 20.3. The van der Waals surface area contributed by atoms with Gasteiger partial charge in [-0.2, -0.15) is 0 Å². The van der Waals surface area contributed by atoms with Crippen molar-refractivity contribution in [3.63, 3.8) is 0 Å². The molecule has 5 nitrogen and oxygen atoms in total. The summed E-state index contributed by atoms with van der Waals surface area (Å²) in [6, 6.07) is 18.3. The zero-order chi connectivity index (χ0) is 23.2. The Bertz CT molecular complexity index is 1040. The van der Waals surface area contributed by atoms with Gasteiger partial charge in [-0.3, -0.25) is 14.6 Å². The summed E-state index contributed by atoms with van der Waals surface area (Å²) in [5, 5.41) is 10.3. The van der Waals surface area contributed by atoms with Crippen LogP contribution in [0.4, 0.5) is 0 Å². The van der Waals surface area contributed by atoms with Crippen molar-refractivity contribution in [2.75, 3.05) is 19.6 Å². The first-order valence-electron chi connectivity index (χ1n) is 13.0. The lowest BCUT2D eigenvalue weighted by Crippen LogP contribution is -2.75. The minimum absolute atomic E-state index is 0.0783. The first-order valence-corrected chi connectivity index (χ1v) is 13.0. The molecule has 0 aliphatic carbocycles. The highest BCUT2D eigenvalue weighted by Gasteiger charge is 2.56. The number of carbonyl (C=O) groups is 1. The van der Waals surface area contributed by atoms with E-state index >= 15 is 0 Å². The minimum atomic E-state index is 0.0783. The van der Waals surface area contributed by atoms with Crippen LogP contribution in [0.3, 0.4) is 0 Å². The van der Waals surface area contributed by atoms with Gasteiger partial charge in [0, 0.05) is 49.4 Å². The molecule has 0 radical (unpaired) electrons. The predicted molar refractivity (Wildman–Crippen MR) is 134 cm³/mol. The molecule has 2 aromatic rings. The molecule has 6 aliphatic heterocycles. The second-order valence-electron chi connectivity index (χ2n) is 10.5. The standard InChI is InChI=1S/C29H35N3O2/c1-2-16-31-24-12-14-26-25(31)13-15-27(24)32(26)28(22-6-5-7-23(33)19-22)20-8-10-21(11-9-20)29(34)30-17-3-4-18-30/h2,5-11,19,24-28,33H,1,3-4,12-18H2/t24?,25?,26-,27?,28?/m0/s1. The maximum absolute atomic E-state index is 12.9. The number of hydrogen-bond donors (Lipinski definition) is 1. The molecular formula is C29H35N3O2. The fourth-order valence-corrected chi connectivity index (χ4v) is 7.36. The van der Waals surface area contributed by atoms with E-state index in [2.05, 4.69) is 40.7 Å². The van der Waals surface area contributed by atoms with E-state index in [4.69, 9.17) is 0 Å². The number of fused-ring (bicyclic) bond motifs is 2. The molecule has 5 heteroatoms. The molecule has 178 valence electrons. The molecule has 0 saturated carbocycles. The molecule has 1 amide bonds. The smallest absolute Gasteiger partial charge is 0.253 e. The third-order valence-corrected chi connectivity index (χ3v) is 8.71. The molecule has 5 atom stereocenters. The van der Waals surface area contributed by atoms with E-state index in [1.807, 2.05) is 29.2 Å². The topological polar surface area (TPSA) is 47.0 Å². The Morgan fingerprint density at radius 3 is 2.21 bits per heavy atom. The van der Waals surface area contributed by atoms with Crippen LogP contribution in [0.2, 0.25) is 0 Å². The second kappa shape index (κ2) is 8.86. The van der Waals surface area contributed by atoms with Gasteiger partial charge in [0.25, 0.3) is 5.91 Å². The Balaban J connectivity index is 1.36. The first kappa shape index (κ1) is 21.9. The van der Waals surface area contributed by atoms with Gasteiger partial charge in [0.05, 0.1) is 6.04 Å². The second-order valence-corrected chi connectivity index (χ2v) is 10.5. The van der Waals surface area contributed by atoms with Gasteiger partial charge in [-0.25, -0.2) is 0 Å². The van der Waals surface area contributed by atoms with Gasteiger partial charge in [0.1, 0.15) is 5.75 Å². The third-order valence-electron chi connectivity index (χ3n) is 8.71. The number of likely N-dealkylation sites (tertiary alicyclic amines) is 1. The van der Waals surface area contributed by atoms with Crippen LogP contribution >= 0.6 is 0 Å². The normalized spacial score (nSPS) is 29.5. The molecule has 6 aliphatic rings. The lowest BCUT2D eigenvalue weighted by molar-refractivity contribution is -0.151. The average molecular weight is 458 g/mol. The molecule has 1 N–H and O–H groups in total. The highest BCUT2D eigenvalue weighted by atomic mass is 16.3. The number of piperidine rings is 4. The Labute approximate surface area is 202 Å². The number of amides is 1. The lowest BCUT2D eigenvalue weighted by atomic mass is 9.69. The summed E-state index contributed by atoms with van der Waals surface area (Å²) in [7, 11) is 0. The van der Waals surface area contributed by atoms with Crippen LogP contribution < -0.4 is 0 Å². The van der Waals surface area contributed by atoms with Gasteiger partial charge in [0.15, 0.2) is 0 Å². The largest absolute Gasteiger partial charge is 0.508 e. The Morgan fingerprint density at radius 1 is 0.941 bits per heavy atom. The van der Waals surface area contributed by atoms with Crippen molar-refractivity contribution >= 4 is 5.91 Å². The predicted octanol–water partition coefficient (Wildman–Crippen LogP) is 4.58. The monoisotopic (exact) mass is 457 g/mol. The van der Waals surface area contributed by atoms with Gasteiger partial charge in [0.2, 0.25) is 0 Å². The molecule has 6 saturated heterocycles. The van der Waals surface area contributed by atoms with E-state index < -0.39 is 0 Å². The van der Waals surface area contributed by atoms with Crippen LogP contribution in [0.1, 0.15) is 66.1 Å². The van der Waals surface area contributed by atoms with Gasteiger partial charge in [-0.05, 0) is 73.9 Å². The Kier molecular flexibility index (Phi) is 5.70. The summed E-state index contributed by atoms with van der Waals surface area (Å²) in [5.74, 6) is 0.457. The number of hydrogen-bond acceptors (Lipinski definition) is 4. The fourth-order valence-electron chi connectivity index (χ4n) is 7.36. The molecular weight excluding hydrogens is 422 g/mol. The molecule has 0 spiro atoms. The van der Waals surface area contributed by atoms with Gasteiger partial charge in [-0.15, -0.1) is 6.58 Å². The average Bonchev–Trinajstić information content (AvgIpc) is 3.40.